The van der Waals surface area contributed by atoms with Crippen molar-refractivity contribution in [3.8, 4) is 0 Å². The van der Waals surface area contributed by atoms with Gasteiger partial charge in [0, 0.05) is 18.2 Å². The molecule has 1 saturated carbocycles. The lowest BCUT2D eigenvalue weighted by Crippen LogP contribution is -2.29. The van der Waals surface area contributed by atoms with Gasteiger partial charge in [-0.3, -0.25) is 9.48 Å². The van der Waals surface area contributed by atoms with E-state index in [0.717, 1.165) is 25.8 Å². The predicted molar refractivity (Wildman–Crippen MR) is 64.6 cm³/mol. The van der Waals surface area contributed by atoms with E-state index in [1.165, 1.54) is 30.5 Å². The minimum absolute atomic E-state index is 0.228. The Morgan fingerprint density at radius 2 is 2.24 bits per heavy atom. The smallest absolute Gasteiger partial charge is 0.223 e. The van der Waals surface area contributed by atoms with Crippen molar-refractivity contribution in [3.63, 3.8) is 0 Å². The number of carbonyl (C=O) groups excluding carboxylic acids is 1. The van der Waals surface area contributed by atoms with Crippen LogP contribution in [0.25, 0.3) is 0 Å². The molecule has 0 saturated heterocycles. The third-order valence-electron chi connectivity index (χ3n) is 3.72. The summed E-state index contributed by atoms with van der Waals surface area (Å²) >= 11 is 0. The summed E-state index contributed by atoms with van der Waals surface area (Å²) in [7, 11) is 0. The Balaban J connectivity index is 1.54. The van der Waals surface area contributed by atoms with Gasteiger partial charge in [0.05, 0.1) is 12.7 Å². The topological polar surface area (TPSA) is 46.9 Å². The zero-order valence-corrected chi connectivity index (χ0v) is 10.1. The van der Waals surface area contributed by atoms with Crippen LogP contribution in [0.1, 0.15) is 36.9 Å². The van der Waals surface area contributed by atoms with E-state index in [9.17, 15) is 4.79 Å². The molecular formula is C13H19N3O. The Morgan fingerprint density at radius 1 is 1.41 bits per heavy atom. The van der Waals surface area contributed by atoms with Crippen molar-refractivity contribution in [2.24, 2.45) is 5.92 Å². The van der Waals surface area contributed by atoms with E-state index in [4.69, 9.17) is 0 Å². The van der Waals surface area contributed by atoms with Gasteiger partial charge >= 0.3 is 0 Å². The number of nitrogens with zero attached hydrogens (tertiary/aromatic N) is 2. The van der Waals surface area contributed by atoms with Crippen molar-refractivity contribution >= 4 is 5.91 Å². The molecule has 0 unspecified atom stereocenters. The van der Waals surface area contributed by atoms with E-state index in [-0.39, 0.29) is 5.91 Å². The van der Waals surface area contributed by atoms with Crippen molar-refractivity contribution in [2.45, 2.75) is 45.1 Å². The monoisotopic (exact) mass is 233 g/mol. The molecule has 0 atom stereocenters. The highest BCUT2D eigenvalue weighted by molar-refractivity contribution is 5.80. The Hall–Kier alpha value is -1.32. The summed E-state index contributed by atoms with van der Waals surface area (Å²) in [5.41, 5.74) is 2.79. The zero-order valence-electron chi connectivity index (χ0n) is 10.1. The van der Waals surface area contributed by atoms with E-state index in [1.807, 2.05) is 6.20 Å². The fraction of sp³-hybridized carbons (Fsp3) is 0.692. The molecule has 1 heterocycles. The quantitative estimate of drug-likeness (QED) is 0.851. The number of amides is 1. The maximum Gasteiger partial charge on any atom is 0.223 e. The van der Waals surface area contributed by atoms with Gasteiger partial charge in [-0.25, -0.2) is 0 Å². The number of carbonyl (C=O) groups is 1. The molecule has 1 aromatic heterocycles. The summed E-state index contributed by atoms with van der Waals surface area (Å²) in [6.45, 7) is 1.53. The molecule has 1 aromatic rings. The zero-order chi connectivity index (χ0) is 11.7. The lowest BCUT2D eigenvalue weighted by Gasteiger charge is -2.14. The highest BCUT2D eigenvalue weighted by Crippen LogP contribution is 2.28. The van der Waals surface area contributed by atoms with Crippen LogP contribution in [0.4, 0.5) is 0 Å². The summed E-state index contributed by atoms with van der Waals surface area (Å²) in [6, 6.07) is 0. The van der Waals surface area contributed by atoms with Crippen LogP contribution >= 0.6 is 0 Å². The van der Waals surface area contributed by atoms with Crippen molar-refractivity contribution in [2.75, 3.05) is 6.54 Å². The maximum atomic E-state index is 11.5. The third-order valence-corrected chi connectivity index (χ3v) is 3.72. The van der Waals surface area contributed by atoms with E-state index in [0.29, 0.717) is 12.5 Å². The van der Waals surface area contributed by atoms with Crippen molar-refractivity contribution in [1.29, 1.82) is 0 Å². The normalized spacial score (nSPS) is 18.8. The number of hydrogen-bond acceptors (Lipinski definition) is 2. The molecule has 3 rings (SSSR count). The lowest BCUT2D eigenvalue weighted by molar-refractivity contribution is -0.122. The first-order valence-corrected chi connectivity index (χ1v) is 6.66. The molecule has 4 nitrogen and oxygen atoms in total. The predicted octanol–water partition coefficient (Wildman–Crippen LogP) is 1.29. The van der Waals surface area contributed by atoms with Gasteiger partial charge in [0.15, 0.2) is 0 Å². The first kappa shape index (κ1) is 10.8. The SMILES string of the molecule is O=C(NCCn1ncc2c1CCCC2)C1CC1. The van der Waals surface area contributed by atoms with Gasteiger partial charge in [-0.2, -0.15) is 5.10 Å². The van der Waals surface area contributed by atoms with Crippen LogP contribution < -0.4 is 5.32 Å². The molecule has 92 valence electrons. The second-order valence-electron chi connectivity index (χ2n) is 5.11. The van der Waals surface area contributed by atoms with Gasteiger partial charge < -0.3 is 5.32 Å². The van der Waals surface area contributed by atoms with Crippen LogP contribution in [0, 0.1) is 5.92 Å². The lowest BCUT2D eigenvalue weighted by atomic mass is 9.98. The highest BCUT2D eigenvalue weighted by Gasteiger charge is 2.29. The Kier molecular flexibility index (Phi) is 2.87. The van der Waals surface area contributed by atoms with Crippen LogP contribution in [0.15, 0.2) is 6.20 Å². The number of aryl methyl sites for hydroxylation is 1. The van der Waals surface area contributed by atoms with E-state index in [1.54, 1.807) is 0 Å². The molecule has 1 fully saturated rings. The molecule has 1 amide bonds. The average molecular weight is 233 g/mol. The molecule has 0 aromatic carbocycles. The minimum Gasteiger partial charge on any atom is -0.354 e. The fourth-order valence-electron chi connectivity index (χ4n) is 2.52. The third kappa shape index (κ3) is 2.35. The van der Waals surface area contributed by atoms with Gasteiger partial charge in [-0.1, -0.05) is 0 Å². The molecule has 0 bridgehead atoms. The molecule has 17 heavy (non-hydrogen) atoms. The van der Waals surface area contributed by atoms with Crippen molar-refractivity contribution in [1.82, 2.24) is 15.1 Å². The summed E-state index contributed by atoms with van der Waals surface area (Å²) in [4.78, 5) is 11.5. The van der Waals surface area contributed by atoms with Gasteiger partial charge in [-0.05, 0) is 44.1 Å². The maximum absolute atomic E-state index is 11.5. The van der Waals surface area contributed by atoms with E-state index >= 15 is 0 Å². The molecule has 0 spiro atoms. The summed E-state index contributed by atoms with van der Waals surface area (Å²) in [5.74, 6) is 0.535. The fourth-order valence-corrected chi connectivity index (χ4v) is 2.52. The van der Waals surface area contributed by atoms with Crippen LogP contribution in [0.3, 0.4) is 0 Å². The first-order chi connectivity index (χ1) is 8.34. The van der Waals surface area contributed by atoms with Crippen LogP contribution in [0.2, 0.25) is 0 Å². The number of rotatable bonds is 4. The largest absolute Gasteiger partial charge is 0.354 e. The summed E-state index contributed by atoms with van der Waals surface area (Å²) < 4.78 is 2.07. The molecule has 0 radical (unpaired) electrons. The number of fused-ring (bicyclic) bond motifs is 1. The van der Waals surface area contributed by atoms with E-state index in [2.05, 4.69) is 15.1 Å². The van der Waals surface area contributed by atoms with Crippen molar-refractivity contribution in [3.05, 3.63) is 17.5 Å². The van der Waals surface area contributed by atoms with Crippen LogP contribution in [-0.4, -0.2) is 22.2 Å². The van der Waals surface area contributed by atoms with Gasteiger partial charge in [0.1, 0.15) is 0 Å². The average Bonchev–Trinajstić information content (AvgIpc) is 3.12. The van der Waals surface area contributed by atoms with Gasteiger partial charge in [-0.15, -0.1) is 0 Å². The van der Waals surface area contributed by atoms with Crippen LogP contribution in [-0.2, 0) is 24.2 Å². The Morgan fingerprint density at radius 3 is 3.06 bits per heavy atom. The Labute approximate surface area is 101 Å². The standard InChI is InChI=1S/C13H19N3O/c17-13(10-5-6-10)14-7-8-16-12-4-2-1-3-11(12)9-15-16/h9-10H,1-8H2,(H,14,17). The number of hydrogen-bond donors (Lipinski definition) is 1. The minimum atomic E-state index is 0.228. The van der Waals surface area contributed by atoms with Gasteiger partial charge in [0.2, 0.25) is 5.91 Å². The summed E-state index contributed by atoms with van der Waals surface area (Å²) in [5, 5.41) is 7.41. The molecular weight excluding hydrogens is 214 g/mol. The molecule has 4 heteroatoms. The van der Waals surface area contributed by atoms with E-state index < -0.39 is 0 Å². The molecule has 2 aliphatic carbocycles. The second kappa shape index (κ2) is 4.51. The molecule has 0 aliphatic heterocycles. The number of nitrogens with one attached hydrogen (secondary N) is 1. The number of aromatic nitrogens is 2. The van der Waals surface area contributed by atoms with Crippen molar-refractivity contribution < 1.29 is 4.79 Å². The highest BCUT2D eigenvalue weighted by atomic mass is 16.2. The molecule has 2 aliphatic rings. The Bertz CT molecular complexity index is 420. The van der Waals surface area contributed by atoms with Gasteiger partial charge in [0.25, 0.3) is 0 Å². The first-order valence-electron chi connectivity index (χ1n) is 6.66. The van der Waals surface area contributed by atoms with Crippen LogP contribution in [0.5, 0.6) is 0 Å². The second-order valence-corrected chi connectivity index (χ2v) is 5.11. The summed E-state index contributed by atoms with van der Waals surface area (Å²) in [6.07, 6.45) is 9.02. The molecule has 1 N–H and O–H groups in total.